The molecule has 1 heterocycles. The molecular weight excluding hydrogens is 262 g/mol. The fourth-order valence-corrected chi connectivity index (χ4v) is 1.23. The van der Waals surface area contributed by atoms with Crippen LogP contribution in [-0.2, 0) is 0 Å². The summed E-state index contributed by atoms with van der Waals surface area (Å²) in [5, 5.41) is 9.46. The van der Waals surface area contributed by atoms with Gasteiger partial charge in [0.15, 0.2) is 5.69 Å². The Labute approximate surface area is 98.3 Å². The van der Waals surface area contributed by atoms with Crippen molar-refractivity contribution in [2.45, 2.75) is 6.43 Å². The summed E-state index contributed by atoms with van der Waals surface area (Å²) >= 11 is 5.04. The monoisotopic (exact) mass is 266 g/mol. The zero-order chi connectivity index (χ0) is 13.2. The summed E-state index contributed by atoms with van der Waals surface area (Å²) in [5.74, 6) is -0.688. The van der Waals surface area contributed by atoms with Gasteiger partial charge in [0.05, 0.1) is 18.1 Å². The molecule has 0 N–H and O–H groups in total. The van der Waals surface area contributed by atoms with E-state index in [4.69, 9.17) is 11.6 Å². The van der Waals surface area contributed by atoms with Gasteiger partial charge in [-0.2, -0.15) is 0 Å². The van der Waals surface area contributed by atoms with E-state index < -0.39 is 39.4 Å². The summed E-state index contributed by atoms with van der Waals surface area (Å²) in [7, 11) is 0.984. The van der Waals surface area contributed by atoms with Crippen LogP contribution in [0, 0.1) is 10.1 Å². The van der Waals surface area contributed by atoms with Crippen LogP contribution in [0.5, 0.6) is 5.75 Å². The van der Waals surface area contributed by atoms with Crippen molar-refractivity contribution in [2.24, 2.45) is 0 Å². The maximum absolute atomic E-state index is 12.6. The minimum absolute atomic E-state index is 0.630. The maximum Gasteiger partial charge on any atom is 0.315 e. The van der Waals surface area contributed by atoms with Gasteiger partial charge >= 0.3 is 5.69 Å². The van der Waals surface area contributed by atoms with E-state index in [1.807, 2.05) is 0 Å². The first-order valence-electron chi connectivity index (χ1n) is 4.09. The van der Waals surface area contributed by atoms with E-state index >= 15 is 0 Å². The van der Waals surface area contributed by atoms with Crippen LogP contribution in [0.1, 0.15) is 22.6 Å². The Morgan fingerprint density at radius 3 is 2.59 bits per heavy atom. The van der Waals surface area contributed by atoms with Crippen molar-refractivity contribution >= 4 is 22.5 Å². The molecule has 1 rings (SSSR count). The lowest BCUT2D eigenvalue weighted by molar-refractivity contribution is -0.386. The highest BCUT2D eigenvalue weighted by Gasteiger charge is 2.28. The first-order valence-corrected chi connectivity index (χ1v) is 4.47. The highest BCUT2D eigenvalue weighted by molar-refractivity contribution is 6.67. The minimum Gasteiger partial charge on any atom is -0.489 e. The average molecular weight is 267 g/mol. The number of nitrogens with zero attached hydrogens (tertiary/aromatic N) is 2. The van der Waals surface area contributed by atoms with Gasteiger partial charge < -0.3 is 4.74 Å². The molecule has 1 aromatic rings. The van der Waals surface area contributed by atoms with E-state index in [1.54, 1.807) is 0 Å². The Bertz CT molecular complexity index is 481. The van der Waals surface area contributed by atoms with Crippen molar-refractivity contribution in [1.29, 1.82) is 0 Å². The number of alkyl halides is 2. The third kappa shape index (κ3) is 2.64. The number of methoxy groups -OCH3 is 1. The third-order valence-electron chi connectivity index (χ3n) is 1.79. The molecule has 17 heavy (non-hydrogen) atoms. The van der Waals surface area contributed by atoms with Crippen molar-refractivity contribution < 1.29 is 23.2 Å². The number of hydrogen-bond acceptors (Lipinski definition) is 5. The molecule has 0 aromatic carbocycles. The summed E-state index contributed by atoms with van der Waals surface area (Å²) in [4.78, 5) is 23.7. The molecule has 0 fully saturated rings. The number of halogens is 3. The number of carbonyl (C=O) groups is 1. The number of pyridine rings is 1. The number of hydrogen-bond donors (Lipinski definition) is 0. The standard InChI is InChI=1S/C8H5ClF2N2O4/c1-17-6-4(13(15)16)2-3(7(9)14)12-5(6)8(10)11/h2,8H,1H3. The molecule has 0 radical (unpaired) electrons. The molecule has 6 nitrogen and oxygen atoms in total. The second-order valence-corrected chi connectivity index (χ2v) is 3.12. The summed E-state index contributed by atoms with van der Waals surface area (Å²) in [6, 6.07) is 0.681. The third-order valence-corrected chi connectivity index (χ3v) is 1.98. The zero-order valence-corrected chi connectivity index (χ0v) is 9.07. The highest BCUT2D eigenvalue weighted by Crippen LogP contribution is 2.36. The van der Waals surface area contributed by atoms with E-state index in [0.29, 0.717) is 6.07 Å². The smallest absolute Gasteiger partial charge is 0.315 e. The molecule has 0 aliphatic heterocycles. The van der Waals surface area contributed by atoms with Gasteiger partial charge in [0.2, 0.25) is 5.75 Å². The van der Waals surface area contributed by atoms with Gasteiger partial charge in [0.1, 0.15) is 5.69 Å². The van der Waals surface area contributed by atoms with Gasteiger partial charge in [-0.15, -0.1) is 0 Å². The summed E-state index contributed by atoms with van der Waals surface area (Å²) < 4.78 is 29.7. The fraction of sp³-hybridized carbons (Fsp3) is 0.250. The van der Waals surface area contributed by atoms with Crippen molar-refractivity contribution in [2.75, 3.05) is 7.11 Å². The molecule has 92 valence electrons. The SMILES string of the molecule is COc1c([N+](=O)[O-])cc(C(=O)Cl)nc1C(F)F. The largest absolute Gasteiger partial charge is 0.489 e. The van der Waals surface area contributed by atoms with Crippen LogP contribution in [-0.4, -0.2) is 22.3 Å². The van der Waals surface area contributed by atoms with Gasteiger partial charge in [-0.1, -0.05) is 0 Å². The molecule has 0 unspecified atom stereocenters. The molecule has 0 atom stereocenters. The minimum atomic E-state index is -3.13. The van der Waals surface area contributed by atoms with E-state index in [2.05, 4.69) is 9.72 Å². The number of rotatable bonds is 4. The maximum atomic E-state index is 12.6. The predicted octanol–water partition coefficient (Wildman–Crippen LogP) is 2.32. The Hall–Kier alpha value is -1.83. The summed E-state index contributed by atoms with van der Waals surface area (Å²) in [6.07, 6.45) is -3.13. The number of nitro groups is 1. The van der Waals surface area contributed by atoms with E-state index in [1.165, 1.54) is 0 Å². The van der Waals surface area contributed by atoms with E-state index in [9.17, 15) is 23.7 Å². The first-order chi connectivity index (χ1) is 7.88. The van der Waals surface area contributed by atoms with Crippen LogP contribution in [0.15, 0.2) is 6.07 Å². The first kappa shape index (κ1) is 13.2. The Morgan fingerprint density at radius 1 is 1.65 bits per heavy atom. The lowest BCUT2D eigenvalue weighted by atomic mass is 10.2. The molecule has 0 saturated heterocycles. The second-order valence-electron chi connectivity index (χ2n) is 2.78. The second kappa shape index (κ2) is 5.00. The summed E-state index contributed by atoms with van der Waals surface area (Å²) in [6.45, 7) is 0. The molecule has 9 heteroatoms. The van der Waals surface area contributed by atoms with Gasteiger partial charge in [0.25, 0.3) is 11.7 Å². The van der Waals surface area contributed by atoms with Crippen LogP contribution < -0.4 is 4.74 Å². The van der Waals surface area contributed by atoms with Gasteiger partial charge in [-0.3, -0.25) is 14.9 Å². The van der Waals surface area contributed by atoms with E-state index in [-0.39, 0.29) is 0 Å². The molecule has 0 aliphatic rings. The summed E-state index contributed by atoms with van der Waals surface area (Å²) in [5.41, 5.74) is -2.41. The van der Waals surface area contributed by atoms with Crippen molar-refractivity contribution in [1.82, 2.24) is 4.98 Å². The molecule has 0 aliphatic carbocycles. The molecule has 0 bridgehead atoms. The van der Waals surface area contributed by atoms with Gasteiger partial charge in [0, 0.05) is 0 Å². The topological polar surface area (TPSA) is 82.3 Å². The van der Waals surface area contributed by atoms with E-state index in [0.717, 1.165) is 7.11 Å². The zero-order valence-electron chi connectivity index (χ0n) is 8.32. The number of ether oxygens (including phenoxy) is 1. The highest BCUT2D eigenvalue weighted by atomic mass is 35.5. The normalized spacial score (nSPS) is 10.4. The molecule has 0 saturated carbocycles. The molecule has 1 aromatic heterocycles. The Morgan fingerprint density at radius 2 is 2.24 bits per heavy atom. The quantitative estimate of drug-likeness (QED) is 0.474. The van der Waals surface area contributed by atoms with Crippen LogP contribution in [0.2, 0.25) is 0 Å². The Balaban J connectivity index is 3.57. The van der Waals surface area contributed by atoms with Crippen molar-refractivity contribution in [3.8, 4) is 5.75 Å². The molecule has 0 spiro atoms. The van der Waals surface area contributed by atoms with Gasteiger partial charge in [-0.05, 0) is 11.6 Å². The average Bonchev–Trinajstić information content (AvgIpc) is 2.26. The van der Waals surface area contributed by atoms with Crippen LogP contribution in [0.25, 0.3) is 0 Å². The number of carbonyl (C=O) groups excluding carboxylic acids is 1. The molecule has 0 amide bonds. The van der Waals surface area contributed by atoms with Crippen LogP contribution in [0.4, 0.5) is 14.5 Å². The van der Waals surface area contributed by atoms with Crippen LogP contribution >= 0.6 is 11.6 Å². The van der Waals surface area contributed by atoms with Gasteiger partial charge in [-0.25, -0.2) is 13.8 Å². The van der Waals surface area contributed by atoms with Crippen molar-refractivity contribution in [3.05, 3.63) is 27.6 Å². The van der Waals surface area contributed by atoms with Crippen LogP contribution in [0.3, 0.4) is 0 Å². The fourth-order valence-electron chi connectivity index (χ4n) is 1.13. The Kier molecular flexibility index (Phi) is 3.89. The lowest BCUT2D eigenvalue weighted by Gasteiger charge is -2.08. The van der Waals surface area contributed by atoms with Crippen molar-refractivity contribution in [3.63, 3.8) is 0 Å². The predicted molar refractivity (Wildman–Crippen MR) is 52.6 cm³/mol. The number of aromatic nitrogens is 1. The molecular formula is C8H5ClF2N2O4. The lowest BCUT2D eigenvalue weighted by Crippen LogP contribution is -2.06.